The van der Waals surface area contributed by atoms with Crippen LogP contribution < -0.4 is 5.32 Å². The van der Waals surface area contributed by atoms with E-state index in [-0.39, 0.29) is 12.1 Å². The molecule has 0 saturated heterocycles. The van der Waals surface area contributed by atoms with Gasteiger partial charge in [-0.25, -0.2) is 13.6 Å². The molecule has 16 heavy (non-hydrogen) atoms. The van der Waals surface area contributed by atoms with Crippen LogP contribution in [0, 0.1) is 11.6 Å². The van der Waals surface area contributed by atoms with E-state index in [1.165, 1.54) is 6.07 Å². The van der Waals surface area contributed by atoms with Crippen LogP contribution in [0.1, 0.15) is 5.56 Å². The number of ether oxygens (including phenoxy) is 1. The summed E-state index contributed by atoms with van der Waals surface area (Å²) in [6.07, 6.45) is 0. The molecule has 0 atom stereocenters. The molecule has 0 spiro atoms. The number of halogens is 2. The highest BCUT2D eigenvalue weighted by atomic mass is 19.1. The van der Waals surface area contributed by atoms with Gasteiger partial charge < -0.3 is 10.1 Å². The molecule has 0 aliphatic rings. The first-order valence-corrected chi connectivity index (χ1v) is 4.34. The molecular formula is C10H9F2NO3. The molecule has 4 nitrogen and oxygen atoms in total. The van der Waals surface area contributed by atoms with Gasteiger partial charge in [-0.05, 0) is 6.07 Å². The Morgan fingerprint density at radius 3 is 2.62 bits per heavy atom. The largest absolute Gasteiger partial charge is 0.462 e. The summed E-state index contributed by atoms with van der Waals surface area (Å²) in [4.78, 5) is 21.6. The summed E-state index contributed by atoms with van der Waals surface area (Å²) in [6, 6.07) is 2.94. The highest BCUT2D eigenvalue weighted by Gasteiger charge is 2.13. The molecule has 0 saturated carbocycles. The fourth-order valence-electron chi connectivity index (χ4n) is 1.01. The summed E-state index contributed by atoms with van der Waals surface area (Å²) in [6.45, 7) is -0.208. The molecule has 1 rings (SSSR count). The summed E-state index contributed by atoms with van der Waals surface area (Å²) in [5.74, 6) is -3.54. The lowest BCUT2D eigenvalue weighted by atomic mass is 10.2. The van der Waals surface area contributed by atoms with Crippen LogP contribution in [0.25, 0.3) is 0 Å². The van der Waals surface area contributed by atoms with Gasteiger partial charge in [0.1, 0.15) is 11.6 Å². The van der Waals surface area contributed by atoms with Crippen molar-refractivity contribution in [2.45, 2.75) is 6.54 Å². The summed E-state index contributed by atoms with van der Waals surface area (Å²) >= 11 is 0. The second kappa shape index (κ2) is 5.20. The first-order chi connectivity index (χ1) is 7.54. The van der Waals surface area contributed by atoms with Crippen molar-refractivity contribution in [1.82, 2.24) is 5.32 Å². The number of methoxy groups -OCH3 is 1. The van der Waals surface area contributed by atoms with Crippen LogP contribution in [0.4, 0.5) is 8.78 Å². The van der Waals surface area contributed by atoms with Gasteiger partial charge in [0.05, 0.1) is 7.11 Å². The van der Waals surface area contributed by atoms with E-state index in [2.05, 4.69) is 10.1 Å². The molecule has 0 aromatic heterocycles. The van der Waals surface area contributed by atoms with Gasteiger partial charge in [0.15, 0.2) is 0 Å². The normalized spacial score (nSPS) is 9.69. The molecule has 0 heterocycles. The molecule has 1 amide bonds. The van der Waals surface area contributed by atoms with Crippen molar-refractivity contribution in [3.05, 3.63) is 35.4 Å². The number of carbonyl (C=O) groups is 2. The van der Waals surface area contributed by atoms with Crippen molar-refractivity contribution < 1.29 is 23.1 Å². The fourth-order valence-corrected chi connectivity index (χ4v) is 1.01. The Morgan fingerprint density at radius 2 is 2.06 bits per heavy atom. The minimum absolute atomic E-state index is 0.0821. The maximum absolute atomic E-state index is 13.1. The van der Waals surface area contributed by atoms with Crippen LogP contribution in [0.15, 0.2) is 18.2 Å². The second-order valence-electron chi connectivity index (χ2n) is 2.91. The van der Waals surface area contributed by atoms with Crippen LogP contribution in [0.5, 0.6) is 0 Å². The Hall–Kier alpha value is -1.98. The average Bonchev–Trinajstić information content (AvgIpc) is 2.26. The van der Waals surface area contributed by atoms with Gasteiger partial charge in [-0.15, -0.1) is 0 Å². The number of rotatable bonds is 2. The van der Waals surface area contributed by atoms with Gasteiger partial charge in [0.25, 0.3) is 0 Å². The zero-order chi connectivity index (χ0) is 12.1. The van der Waals surface area contributed by atoms with Crippen molar-refractivity contribution in [2.24, 2.45) is 0 Å². The van der Waals surface area contributed by atoms with Gasteiger partial charge in [0, 0.05) is 18.2 Å². The summed E-state index contributed by atoms with van der Waals surface area (Å²) in [7, 11) is 1.06. The van der Waals surface area contributed by atoms with Crippen LogP contribution >= 0.6 is 0 Å². The second-order valence-corrected chi connectivity index (χ2v) is 2.91. The van der Waals surface area contributed by atoms with Crippen LogP contribution in [0.2, 0.25) is 0 Å². The minimum Gasteiger partial charge on any atom is -0.462 e. The van der Waals surface area contributed by atoms with Crippen molar-refractivity contribution in [2.75, 3.05) is 7.11 Å². The molecule has 0 aliphatic carbocycles. The van der Waals surface area contributed by atoms with Gasteiger partial charge in [-0.1, -0.05) is 6.07 Å². The third-order valence-corrected chi connectivity index (χ3v) is 1.83. The van der Waals surface area contributed by atoms with E-state index in [9.17, 15) is 18.4 Å². The maximum Gasteiger partial charge on any atom is 0.396 e. The number of amides is 1. The Balaban J connectivity index is 2.61. The van der Waals surface area contributed by atoms with E-state index < -0.39 is 23.5 Å². The molecule has 1 N–H and O–H groups in total. The van der Waals surface area contributed by atoms with E-state index in [1.54, 1.807) is 0 Å². The highest BCUT2D eigenvalue weighted by molar-refractivity contribution is 6.32. The van der Waals surface area contributed by atoms with Crippen molar-refractivity contribution in [3.8, 4) is 0 Å². The fraction of sp³-hybridized carbons (Fsp3) is 0.200. The number of hydrogen-bond acceptors (Lipinski definition) is 3. The molecule has 1 aromatic carbocycles. The van der Waals surface area contributed by atoms with E-state index in [1.807, 2.05) is 0 Å². The van der Waals surface area contributed by atoms with Crippen molar-refractivity contribution in [1.29, 1.82) is 0 Å². The minimum atomic E-state index is -1.07. The first-order valence-electron chi connectivity index (χ1n) is 4.34. The molecule has 6 heteroatoms. The molecule has 0 fully saturated rings. The third kappa shape index (κ3) is 3.01. The van der Waals surface area contributed by atoms with Crippen LogP contribution in [0.3, 0.4) is 0 Å². The lowest BCUT2D eigenvalue weighted by Crippen LogP contribution is -2.31. The van der Waals surface area contributed by atoms with Crippen molar-refractivity contribution >= 4 is 11.9 Å². The summed E-state index contributed by atoms with van der Waals surface area (Å²) < 4.78 is 29.7. The monoisotopic (exact) mass is 229 g/mol. The molecule has 0 aliphatic heterocycles. The number of esters is 1. The standard InChI is InChI=1S/C10H9F2NO3/c1-16-10(15)9(14)13-5-6-2-3-7(11)4-8(6)12/h2-4H,5H2,1H3,(H,13,14). The van der Waals surface area contributed by atoms with E-state index in [0.717, 1.165) is 13.2 Å². The summed E-state index contributed by atoms with van der Waals surface area (Å²) in [5, 5.41) is 2.13. The quantitative estimate of drug-likeness (QED) is 0.601. The molecule has 86 valence electrons. The number of benzene rings is 1. The Kier molecular flexibility index (Phi) is 3.93. The zero-order valence-corrected chi connectivity index (χ0v) is 8.42. The van der Waals surface area contributed by atoms with Crippen molar-refractivity contribution in [3.63, 3.8) is 0 Å². The Bertz CT molecular complexity index is 421. The van der Waals surface area contributed by atoms with E-state index >= 15 is 0 Å². The number of hydrogen-bond donors (Lipinski definition) is 1. The molecule has 0 radical (unpaired) electrons. The van der Waals surface area contributed by atoms with Crippen LogP contribution in [-0.4, -0.2) is 19.0 Å². The lowest BCUT2D eigenvalue weighted by molar-refractivity contribution is -0.152. The van der Waals surface area contributed by atoms with E-state index in [0.29, 0.717) is 6.07 Å². The maximum atomic E-state index is 13.1. The topological polar surface area (TPSA) is 55.4 Å². The average molecular weight is 229 g/mol. The molecule has 0 unspecified atom stereocenters. The van der Waals surface area contributed by atoms with Gasteiger partial charge in [-0.3, -0.25) is 4.79 Å². The highest BCUT2D eigenvalue weighted by Crippen LogP contribution is 2.08. The number of carbonyl (C=O) groups excluding carboxylic acids is 2. The molecule has 0 bridgehead atoms. The summed E-state index contributed by atoms with van der Waals surface area (Å²) in [5.41, 5.74) is 0.0821. The first kappa shape index (κ1) is 12.1. The third-order valence-electron chi connectivity index (χ3n) is 1.83. The molecule has 1 aromatic rings. The predicted octanol–water partition coefficient (Wildman–Crippen LogP) is 0.754. The Labute approximate surface area is 90.2 Å². The number of nitrogens with one attached hydrogen (secondary N) is 1. The lowest BCUT2D eigenvalue weighted by Gasteiger charge is -2.04. The van der Waals surface area contributed by atoms with Crippen LogP contribution in [-0.2, 0) is 20.9 Å². The van der Waals surface area contributed by atoms with E-state index in [4.69, 9.17) is 0 Å². The molecular weight excluding hydrogens is 220 g/mol. The SMILES string of the molecule is COC(=O)C(=O)NCc1ccc(F)cc1F. The van der Waals surface area contributed by atoms with Gasteiger partial charge in [-0.2, -0.15) is 0 Å². The smallest absolute Gasteiger partial charge is 0.396 e. The zero-order valence-electron chi connectivity index (χ0n) is 8.42. The predicted molar refractivity (Wildman–Crippen MR) is 50.2 cm³/mol. The van der Waals surface area contributed by atoms with Gasteiger partial charge >= 0.3 is 11.9 Å². The Morgan fingerprint density at radius 1 is 1.38 bits per heavy atom. The van der Waals surface area contributed by atoms with Gasteiger partial charge in [0.2, 0.25) is 0 Å².